The van der Waals surface area contributed by atoms with Gasteiger partial charge in [0.05, 0.1) is 0 Å². The molecule has 1 aliphatic rings. The third kappa shape index (κ3) is 4.40. The Hall–Kier alpha value is -1.87. The standard InChI is InChI=1S/C16H24N2O6S/c1-12(19)17-16(9-5-4-6-10-16)15(20)23-11-13-7-8-14(24-13)25(21,22)18(2)3/h7-8H,4-6,9-11H2,1-3H3,(H,17,19). The van der Waals surface area contributed by atoms with Crippen molar-refractivity contribution in [1.29, 1.82) is 0 Å². The molecular weight excluding hydrogens is 348 g/mol. The summed E-state index contributed by atoms with van der Waals surface area (Å²) in [5.74, 6) is -0.574. The Labute approximate surface area is 147 Å². The van der Waals surface area contributed by atoms with Crippen molar-refractivity contribution in [3.05, 3.63) is 17.9 Å². The van der Waals surface area contributed by atoms with Crippen molar-refractivity contribution in [3.8, 4) is 0 Å². The molecule has 0 atom stereocenters. The Bertz CT molecular complexity index is 732. The summed E-state index contributed by atoms with van der Waals surface area (Å²) in [7, 11) is -0.873. The van der Waals surface area contributed by atoms with Gasteiger partial charge >= 0.3 is 5.97 Å². The molecule has 1 heterocycles. The molecule has 0 bridgehead atoms. The Morgan fingerprint density at radius 1 is 1.24 bits per heavy atom. The van der Waals surface area contributed by atoms with Crippen LogP contribution in [-0.4, -0.2) is 44.2 Å². The maximum atomic E-state index is 12.5. The van der Waals surface area contributed by atoms with E-state index in [1.165, 1.54) is 33.2 Å². The minimum absolute atomic E-state index is 0.191. The van der Waals surface area contributed by atoms with E-state index in [0.29, 0.717) is 12.8 Å². The Balaban J connectivity index is 2.06. The molecule has 9 heteroatoms. The third-order valence-electron chi connectivity index (χ3n) is 4.23. The number of carbonyl (C=O) groups excluding carboxylic acids is 2. The minimum atomic E-state index is -3.67. The molecule has 0 saturated heterocycles. The Kier molecular flexibility index (Phi) is 5.89. The minimum Gasteiger partial charge on any atom is -0.456 e. The van der Waals surface area contributed by atoms with E-state index in [4.69, 9.17) is 9.15 Å². The van der Waals surface area contributed by atoms with Crippen molar-refractivity contribution < 1.29 is 27.2 Å². The van der Waals surface area contributed by atoms with Crippen LogP contribution in [0.2, 0.25) is 0 Å². The van der Waals surface area contributed by atoms with Crippen LogP contribution in [-0.2, 0) is 31.0 Å². The zero-order valence-corrected chi connectivity index (χ0v) is 15.5. The van der Waals surface area contributed by atoms with Crippen LogP contribution < -0.4 is 5.32 Å². The smallest absolute Gasteiger partial charge is 0.332 e. The van der Waals surface area contributed by atoms with Gasteiger partial charge in [0.15, 0.2) is 0 Å². The van der Waals surface area contributed by atoms with E-state index in [9.17, 15) is 18.0 Å². The van der Waals surface area contributed by atoms with Crippen LogP contribution in [0, 0.1) is 0 Å². The monoisotopic (exact) mass is 372 g/mol. The summed E-state index contributed by atoms with van der Waals surface area (Å²) < 4.78 is 35.6. The van der Waals surface area contributed by atoms with Gasteiger partial charge in [-0.2, -0.15) is 0 Å². The van der Waals surface area contributed by atoms with Crippen LogP contribution in [0.15, 0.2) is 21.6 Å². The normalized spacial score (nSPS) is 17.3. The molecule has 1 amide bonds. The first-order valence-corrected chi connectivity index (χ1v) is 9.59. The molecule has 1 saturated carbocycles. The van der Waals surface area contributed by atoms with E-state index in [-0.39, 0.29) is 23.4 Å². The maximum absolute atomic E-state index is 12.5. The first-order valence-electron chi connectivity index (χ1n) is 8.15. The molecule has 1 aliphatic carbocycles. The van der Waals surface area contributed by atoms with Crippen molar-refractivity contribution in [1.82, 2.24) is 9.62 Å². The van der Waals surface area contributed by atoms with Crippen molar-refractivity contribution >= 4 is 21.9 Å². The number of nitrogens with zero attached hydrogens (tertiary/aromatic N) is 1. The first-order chi connectivity index (χ1) is 11.7. The highest BCUT2D eigenvalue weighted by Gasteiger charge is 2.41. The van der Waals surface area contributed by atoms with Crippen molar-refractivity contribution in [3.63, 3.8) is 0 Å². The lowest BCUT2D eigenvalue weighted by atomic mass is 9.81. The third-order valence-corrected chi connectivity index (χ3v) is 5.92. The summed E-state index contributed by atoms with van der Waals surface area (Å²) in [6, 6.07) is 2.78. The molecule has 1 aromatic heterocycles. The van der Waals surface area contributed by atoms with Crippen LogP contribution in [0.3, 0.4) is 0 Å². The fourth-order valence-corrected chi connectivity index (χ4v) is 3.71. The predicted octanol–water partition coefficient (Wildman–Crippen LogP) is 1.41. The number of furan rings is 1. The van der Waals surface area contributed by atoms with Crippen LogP contribution in [0.25, 0.3) is 0 Å². The molecule has 2 rings (SSSR count). The highest BCUT2D eigenvalue weighted by molar-refractivity contribution is 7.88. The number of hydrogen-bond donors (Lipinski definition) is 1. The van der Waals surface area contributed by atoms with E-state index in [0.717, 1.165) is 23.6 Å². The molecule has 1 aromatic rings. The van der Waals surface area contributed by atoms with Gasteiger partial charge in [-0.05, 0) is 25.0 Å². The number of hydrogen-bond acceptors (Lipinski definition) is 6. The van der Waals surface area contributed by atoms with Crippen molar-refractivity contribution in [2.24, 2.45) is 0 Å². The molecule has 0 unspecified atom stereocenters. The van der Waals surface area contributed by atoms with E-state index >= 15 is 0 Å². The lowest BCUT2D eigenvalue weighted by Gasteiger charge is -2.35. The second kappa shape index (κ2) is 7.57. The van der Waals surface area contributed by atoms with Gasteiger partial charge in [0.2, 0.25) is 11.0 Å². The summed E-state index contributed by atoms with van der Waals surface area (Å²) in [4.78, 5) is 24.0. The number of carbonyl (C=O) groups is 2. The largest absolute Gasteiger partial charge is 0.456 e. The quantitative estimate of drug-likeness (QED) is 0.757. The zero-order valence-electron chi connectivity index (χ0n) is 14.7. The number of amides is 1. The fourth-order valence-electron chi connectivity index (χ4n) is 2.90. The molecular formula is C16H24N2O6S. The number of rotatable bonds is 6. The van der Waals surface area contributed by atoms with Gasteiger partial charge in [0.1, 0.15) is 17.9 Å². The summed E-state index contributed by atoms with van der Waals surface area (Å²) >= 11 is 0. The van der Waals surface area contributed by atoms with E-state index in [1.807, 2.05) is 0 Å². The van der Waals surface area contributed by atoms with E-state index in [1.54, 1.807) is 0 Å². The maximum Gasteiger partial charge on any atom is 0.332 e. The molecule has 1 N–H and O–H groups in total. The molecule has 0 radical (unpaired) electrons. The average molecular weight is 372 g/mol. The molecule has 25 heavy (non-hydrogen) atoms. The van der Waals surface area contributed by atoms with Gasteiger partial charge in [-0.1, -0.05) is 19.3 Å². The summed E-state index contributed by atoms with van der Waals surface area (Å²) in [5.41, 5.74) is -1.00. The van der Waals surface area contributed by atoms with Gasteiger partial charge < -0.3 is 14.5 Å². The van der Waals surface area contributed by atoms with Crippen LogP contribution in [0.4, 0.5) is 0 Å². The fraction of sp³-hybridized carbons (Fsp3) is 0.625. The molecule has 8 nitrogen and oxygen atoms in total. The second-order valence-electron chi connectivity index (χ2n) is 6.41. The molecule has 140 valence electrons. The highest BCUT2D eigenvalue weighted by Crippen LogP contribution is 2.30. The molecule has 0 spiro atoms. The number of esters is 1. The van der Waals surface area contributed by atoms with Gasteiger partial charge in [0, 0.05) is 21.0 Å². The van der Waals surface area contributed by atoms with E-state index in [2.05, 4.69) is 5.32 Å². The van der Waals surface area contributed by atoms with Gasteiger partial charge in [-0.25, -0.2) is 17.5 Å². The Morgan fingerprint density at radius 2 is 1.88 bits per heavy atom. The summed E-state index contributed by atoms with van der Waals surface area (Å²) in [6.45, 7) is 1.18. The zero-order chi connectivity index (χ0) is 18.7. The molecule has 0 aromatic carbocycles. The number of sulfonamides is 1. The van der Waals surface area contributed by atoms with Crippen molar-refractivity contribution in [2.45, 2.75) is 56.3 Å². The summed E-state index contributed by atoms with van der Waals surface area (Å²) in [6.07, 6.45) is 3.74. The van der Waals surface area contributed by atoms with E-state index < -0.39 is 21.5 Å². The van der Waals surface area contributed by atoms with Gasteiger partial charge in [-0.15, -0.1) is 0 Å². The average Bonchev–Trinajstić information content (AvgIpc) is 3.02. The predicted molar refractivity (Wildman–Crippen MR) is 89.0 cm³/mol. The highest BCUT2D eigenvalue weighted by atomic mass is 32.2. The first kappa shape index (κ1) is 19.5. The SMILES string of the molecule is CC(=O)NC1(C(=O)OCc2ccc(S(=O)(=O)N(C)C)o2)CCCCC1. The van der Waals surface area contributed by atoms with Crippen LogP contribution in [0.5, 0.6) is 0 Å². The van der Waals surface area contributed by atoms with Crippen LogP contribution in [0.1, 0.15) is 44.8 Å². The lowest BCUT2D eigenvalue weighted by Crippen LogP contribution is -2.55. The van der Waals surface area contributed by atoms with Crippen molar-refractivity contribution in [2.75, 3.05) is 14.1 Å². The van der Waals surface area contributed by atoms with Gasteiger partial charge in [0.25, 0.3) is 10.0 Å². The van der Waals surface area contributed by atoms with Gasteiger partial charge in [-0.3, -0.25) is 4.79 Å². The number of nitrogens with one attached hydrogen (secondary N) is 1. The Morgan fingerprint density at radius 3 is 2.44 bits per heavy atom. The van der Waals surface area contributed by atoms with Crippen LogP contribution >= 0.6 is 0 Å². The second-order valence-corrected chi connectivity index (χ2v) is 8.49. The summed E-state index contributed by atoms with van der Waals surface area (Å²) in [5, 5.41) is 2.52. The topological polar surface area (TPSA) is 106 Å². The molecule has 1 fully saturated rings. The molecule has 0 aliphatic heterocycles. The lowest BCUT2D eigenvalue weighted by molar-refractivity contribution is -0.157. The number of ether oxygens (including phenoxy) is 1.